The number of nitrogens with two attached hydrogens (primary N) is 1. The first-order valence-corrected chi connectivity index (χ1v) is 4.78. The molecule has 1 aromatic rings. The first-order chi connectivity index (χ1) is 6.25. The fourth-order valence-corrected chi connectivity index (χ4v) is 1.38. The lowest BCUT2D eigenvalue weighted by Gasteiger charge is -2.08. The molecule has 0 saturated carbocycles. The van der Waals surface area contributed by atoms with Gasteiger partial charge in [0.2, 0.25) is 0 Å². The van der Waals surface area contributed by atoms with E-state index < -0.39 is 0 Å². The van der Waals surface area contributed by atoms with Crippen LogP contribution in [0.25, 0.3) is 0 Å². The Kier molecular flexibility index (Phi) is 7.11. The number of hydrogen-bond donors (Lipinski definition) is 1. The lowest BCUT2D eigenvalue weighted by molar-refractivity contribution is 0.314. The van der Waals surface area contributed by atoms with Gasteiger partial charge in [0.1, 0.15) is 0 Å². The van der Waals surface area contributed by atoms with Crippen LogP contribution in [-0.4, -0.2) is 13.2 Å². The molecule has 0 amide bonds. The van der Waals surface area contributed by atoms with E-state index in [9.17, 15) is 0 Å². The summed E-state index contributed by atoms with van der Waals surface area (Å²) in [6.45, 7) is 1.14. The SMILES string of the molecule is Cl.NCCCOc1c(Cl)cccc1Cl. The smallest absolute Gasteiger partial charge is 0.156 e. The van der Waals surface area contributed by atoms with E-state index in [1.165, 1.54) is 0 Å². The molecule has 0 unspecified atom stereocenters. The Bertz CT molecular complexity index is 261. The Morgan fingerprint density at radius 1 is 1.21 bits per heavy atom. The summed E-state index contributed by atoms with van der Waals surface area (Å²) < 4.78 is 5.36. The Balaban J connectivity index is 0.00000169. The third kappa shape index (κ3) is 3.93. The summed E-state index contributed by atoms with van der Waals surface area (Å²) in [5, 5.41) is 1.06. The maximum Gasteiger partial charge on any atom is 0.156 e. The zero-order valence-corrected chi connectivity index (χ0v) is 9.83. The summed E-state index contributed by atoms with van der Waals surface area (Å²) in [5.74, 6) is 0.541. The van der Waals surface area contributed by atoms with E-state index >= 15 is 0 Å². The highest BCUT2D eigenvalue weighted by molar-refractivity contribution is 6.37. The average molecular weight is 257 g/mol. The van der Waals surface area contributed by atoms with Gasteiger partial charge in [-0.3, -0.25) is 0 Å². The predicted octanol–water partition coefficient (Wildman–Crippen LogP) is 3.14. The van der Waals surface area contributed by atoms with Gasteiger partial charge in [-0.15, -0.1) is 12.4 Å². The fourth-order valence-electron chi connectivity index (χ4n) is 0.878. The van der Waals surface area contributed by atoms with Crippen LogP contribution in [0.2, 0.25) is 10.0 Å². The van der Waals surface area contributed by atoms with Crippen molar-refractivity contribution in [2.75, 3.05) is 13.2 Å². The first-order valence-electron chi connectivity index (χ1n) is 4.02. The highest BCUT2D eigenvalue weighted by Crippen LogP contribution is 2.32. The third-order valence-corrected chi connectivity index (χ3v) is 2.11. The summed E-state index contributed by atoms with van der Waals surface area (Å²) in [4.78, 5) is 0. The number of ether oxygens (including phenoxy) is 1. The Morgan fingerprint density at radius 2 is 1.79 bits per heavy atom. The standard InChI is InChI=1S/C9H11Cl2NO.ClH/c10-7-3-1-4-8(11)9(7)13-6-2-5-12;/h1,3-4H,2,5-6,12H2;1H. The molecule has 0 heterocycles. The third-order valence-electron chi connectivity index (χ3n) is 1.51. The molecule has 0 aromatic heterocycles. The molecule has 0 aliphatic carbocycles. The minimum atomic E-state index is 0. The first kappa shape index (κ1) is 13.8. The molecule has 1 aromatic carbocycles. The minimum Gasteiger partial charge on any atom is -0.490 e. The monoisotopic (exact) mass is 255 g/mol. The molecule has 0 spiro atoms. The molecule has 2 nitrogen and oxygen atoms in total. The second-order valence-electron chi connectivity index (χ2n) is 2.54. The maximum absolute atomic E-state index is 5.87. The molecule has 0 atom stereocenters. The lowest BCUT2D eigenvalue weighted by atomic mass is 10.3. The maximum atomic E-state index is 5.87. The van der Waals surface area contributed by atoms with Gasteiger partial charge in [0.25, 0.3) is 0 Å². The molecule has 0 fully saturated rings. The average Bonchev–Trinajstić information content (AvgIpc) is 2.10. The summed E-state index contributed by atoms with van der Waals surface area (Å²) in [6.07, 6.45) is 0.793. The van der Waals surface area contributed by atoms with Gasteiger partial charge in [-0.2, -0.15) is 0 Å². The Hall–Kier alpha value is -0.150. The highest BCUT2D eigenvalue weighted by atomic mass is 35.5. The van der Waals surface area contributed by atoms with Crippen LogP contribution in [0.1, 0.15) is 6.42 Å². The van der Waals surface area contributed by atoms with E-state index in [0.29, 0.717) is 28.9 Å². The summed E-state index contributed by atoms with van der Waals surface area (Å²) in [7, 11) is 0. The van der Waals surface area contributed by atoms with Crippen molar-refractivity contribution in [3.63, 3.8) is 0 Å². The van der Waals surface area contributed by atoms with Crippen molar-refractivity contribution in [3.05, 3.63) is 28.2 Å². The van der Waals surface area contributed by atoms with Gasteiger partial charge in [-0.05, 0) is 25.1 Å². The summed E-state index contributed by atoms with van der Waals surface area (Å²) in [5.41, 5.74) is 5.32. The van der Waals surface area contributed by atoms with Crippen LogP contribution in [0.5, 0.6) is 5.75 Å². The molecular weight excluding hydrogens is 244 g/mol. The van der Waals surface area contributed by atoms with Crippen LogP contribution in [0.15, 0.2) is 18.2 Å². The zero-order valence-electron chi connectivity index (χ0n) is 7.50. The molecule has 0 radical (unpaired) electrons. The number of para-hydroxylation sites is 1. The van der Waals surface area contributed by atoms with E-state index in [1.54, 1.807) is 18.2 Å². The fraction of sp³-hybridized carbons (Fsp3) is 0.333. The summed E-state index contributed by atoms with van der Waals surface area (Å²) in [6, 6.07) is 5.26. The van der Waals surface area contributed by atoms with Crippen LogP contribution >= 0.6 is 35.6 Å². The molecule has 80 valence electrons. The van der Waals surface area contributed by atoms with E-state index in [-0.39, 0.29) is 12.4 Å². The van der Waals surface area contributed by atoms with E-state index in [2.05, 4.69) is 0 Å². The van der Waals surface area contributed by atoms with Gasteiger partial charge >= 0.3 is 0 Å². The van der Waals surface area contributed by atoms with Crippen LogP contribution in [0.4, 0.5) is 0 Å². The van der Waals surface area contributed by atoms with Gasteiger partial charge in [0, 0.05) is 0 Å². The van der Waals surface area contributed by atoms with Crippen LogP contribution in [0.3, 0.4) is 0 Å². The minimum absolute atomic E-state index is 0. The summed E-state index contributed by atoms with van der Waals surface area (Å²) >= 11 is 11.7. The molecule has 0 aliphatic rings. The number of hydrogen-bond acceptors (Lipinski definition) is 2. The topological polar surface area (TPSA) is 35.2 Å². The van der Waals surface area contributed by atoms with E-state index in [4.69, 9.17) is 33.7 Å². The van der Waals surface area contributed by atoms with Gasteiger partial charge in [-0.25, -0.2) is 0 Å². The van der Waals surface area contributed by atoms with Crippen LogP contribution in [0, 0.1) is 0 Å². The van der Waals surface area contributed by atoms with Crippen molar-refractivity contribution in [3.8, 4) is 5.75 Å². The van der Waals surface area contributed by atoms with Crippen LogP contribution < -0.4 is 10.5 Å². The van der Waals surface area contributed by atoms with Crippen molar-refractivity contribution in [1.82, 2.24) is 0 Å². The highest BCUT2D eigenvalue weighted by Gasteiger charge is 2.05. The molecule has 5 heteroatoms. The number of benzene rings is 1. The van der Waals surface area contributed by atoms with Gasteiger partial charge in [0.05, 0.1) is 16.7 Å². The second kappa shape index (κ2) is 7.18. The van der Waals surface area contributed by atoms with Crippen LogP contribution in [-0.2, 0) is 0 Å². The van der Waals surface area contributed by atoms with Crippen molar-refractivity contribution in [2.24, 2.45) is 5.73 Å². The largest absolute Gasteiger partial charge is 0.490 e. The van der Waals surface area contributed by atoms with E-state index in [1.807, 2.05) is 0 Å². The molecule has 14 heavy (non-hydrogen) atoms. The lowest BCUT2D eigenvalue weighted by Crippen LogP contribution is -2.06. The van der Waals surface area contributed by atoms with Crippen molar-refractivity contribution < 1.29 is 4.74 Å². The normalized spacial score (nSPS) is 9.36. The quantitative estimate of drug-likeness (QED) is 0.840. The Labute approximate surface area is 99.7 Å². The predicted molar refractivity (Wildman–Crippen MR) is 62.9 cm³/mol. The molecule has 2 N–H and O–H groups in total. The molecular formula is C9H12Cl3NO. The molecule has 1 rings (SSSR count). The Morgan fingerprint density at radius 3 is 2.29 bits per heavy atom. The number of rotatable bonds is 4. The van der Waals surface area contributed by atoms with Gasteiger partial charge < -0.3 is 10.5 Å². The molecule has 0 saturated heterocycles. The molecule has 0 bridgehead atoms. The van der Waals surface area contributed by atoms with Crippen molar-refractivity contribution in [2.45, 2.75) is 6.42 Å². The van der Waals surface area contributed by atoms with Crippen molar-refractivity contribution >= 4 is 35.6 Å². The van der Waals surface area contributed by atoms with Crippen molar-refractivity contribution in [1.29, 1.82) is 0 Å². The van der Waals surface area contributed by atoms with Gasteiger partial charge in [0.15, 0.2) is 5.75 Å². The molecule has 0 aliphatic heterocycles. The number of halogens is 3. The second-order valence-corrected chi connectivity index (χ2v) is 3.36. The zero-order chi connectivity index (χ0) is 9.68. The van der Waals surface area contributed by atoms with Gasteiger partial charge in [-0.1, -0.05) is 29.3 Å². The van der Waals surface area contributed by atoms with E-state index in [0.717, 1.165) is 6.42 Å².